The first-order valence-corrected chi connectivity index (χ1v) is 18.0. The van der Waals surface area contributed by atoms with E-state index in [0.717, 1.165) is 37.3 Å². The quantitative estimate of drug-likeness (QED) is 0.142. The van der Waals surface area contributed by atoms with E-state index < -0.39 is 29.3 Å². The van der Waals surface area contributed by atoms with Gasteiger partial charge in [0.2, 0.25) is 0 Å². The van der Waals surface area contributed by atoms with Crippen molar-refractivity contribution in [3.05, 3.63) is 89.9 Å². The lowest BCUT2D eigenvalue weighted by atomic mass is 9.95. The zero-order chi connectivity index (χ0) is 36.3. The number of nitrogens with zero attached hydrogens (tertiary/aromatic N) is 7. The third kappa shape index (κ3) is 5.74. The Balaban J connectivity index is 1.10. The summed E-state index contributed by atoms with van der Waals surface area (Å²) in [5, 5.41) is 1.94. The first-order valence-electron chi connectivity index (χ1n) is 18.0. The molecule has 4 aliphatic rings. The van der Waals surface area contributed by atoms with Gasteiger partial charge in [-0.05, 0) is 49.4 Å². The Morgan fingerprint density at radius 3 is 2.75 bits per heavy atom. The van der Waals surface area contributed by atoms with E-state index in [0.29, 0.717) is 59.5 Å². The zero-order valence-corrected chi connectivity index (χ0v) is 28.9. The topological polar surface area (TPSA) is 87.6 Å². The number of halogens is 3. The van der Waals surface area contributed by atoms with Crippen LogP contribution in [0.15, 0.2) is 72.8 Å². The monoisotopic (exact) mass is 715 g/mol. The zero-order valence-electron chi connectivity index (χ0n) is 28.9. The summed E-state index contributed by atoms with van der Waals surface area (Å²) in [4.78, 5) is 37.2. The highest BCUT2D eigenvalue weighted by Gasteiger charge is 2.50. The fraction of sp³-hybridized carbons (Fsp3) is 0.341. The summed E-state index contributed by atoms with van der Waals surface area (Å²) in [6.07, 6.45) is 12.0. The summed E-state index contributed by atoms with van der Waals surface area (Å²) in [5.41, 5.74) is 1.15. The number of ether oxygens (including phenoxy) is 1. The third-order valence-electron chi connectivity index (χ3n) is 11.5. The molecule has 3 aromatic heterocycles. The summed E-state index contributed by atoms with van der Waals surface area (Å²) in [5.74, 6) is 0.934. The van der Waals surface area contributed by atoms with Gasteiger partial charge >= 0.3 is 6.01 Å². The molecule has 4 atom stereocenters. The van der Waals surface area contributed by atoms with Crippen LogP contribution in [0.3, 0.4) is 0 Å². The Morgan fingerprint density at radius 2 is 1.92 bits per heavy atom. The number of carbonyl (C=O) groups excluding carboxylic acids is 1. The van der Waals surface area contributed by atoms with E-state index in [1.807, 2.05) is 35.2 Å². The highest BCUT2D eigenvalue weighted by molar-refractivity contribution is 6.02. The Morgan fingerprint density at radius 1 is 1.06 bits per heavy atom. The number of carbonyl (C=O) groups is 1. The maximum Gasteiger partial charge on any atom is 0.319 e. The van der Waals surface area contributed by atoms with Gasteiger partial charge in [0.15, 0.2) is 11.6 Å². The smallest absolute Gasteiger partial charge is 0.319 e. The number of aromatic nitrogens is 4. The van der Waals surface area contributed by atoms with Crippen LogP contribution in [0, 0.1) is 24.1 Å². The van der Waals surface area contributed by atoms with E-state index in [1.54, 1.807) is 30.5 Å². The highest BCUT2D eigenvalue weighted by Crippen LogP contribution is 2.43. The molecule has 53 heavy (non-hydrogen) atoms. The van der Waals surface area contributed by atoms with Gasteiger partial charge in [0.05, 0.1) is 22.7 Å². The number of anilines is 1. The van der Waals surface area contributed by atoms with Gasteiger partial charge in [-0.2, -0.15) is 9.97 Å². The van der Waals surface area contributed by atoms with Gasteiger partial charge in [-0.1, -0.05) is 42.3 Å². The minimum Gasteiger partial charge on any atom is -0.461 e. The number of rotatable bonds is 7. The standard InChI is InChI=1S/C41H36F3N7O2/c1-2-25-8-5-9-26-10-6-12-30(34(25)26)36-35(44)37-31(20-46-36)38(48-40(47-37)53-24-41-14-7-16-50(41)22-28(42)19-41)51-17-13-27-21-49(23-33(27)51)39(52)32(43)18-29-11-3-4-15-45-29/h1,3-6,8-12,15,18,20,27-28,33H,7,13-14,16-17,19,21-24H2/b32-18-/t27-,28-,33+,41+/m1/s1. The number of hydrogen-bond acceptors (Lipinski definition) is 8. The SMILES string of the molecule is C#Cc1cccc2cccc(-c3ncc4c(N5CC[C@@H]6CN(C(=O)/C(F)=C/c7ccccn7)C[C@@H]65)nc(OC[C@@]56CCCN5C[C@H](F)C6)nc4c3F)c12. The van der Waals surface area contributed by atoms with Gasteiger partial charge < -0.3 is 14.5 Å². The first kappa shape index (κ1) is 33.3. The Hall–Kier alpha value is -5.54. The van der Waals surface area contributed by atoms with Crippen LogP contribution in [0.4, 0.5) is 19.0 Å². The molecule has 9 rings (SSSR count). The fourth-order valence-corrected chi connectivity index (χ4v) is 8.99. The van der Waals surface area contributed by atoms with E-state index in [2.05, 4.69) is 25.8 Å². The molecule has 0 spiro atoms. The number of amides is 1. The Kier molecular flexibility index (Phi) is 8.26. The molecule has 5 aromatic rings. The summed E-state index contributed by atoms with van der Waals surface area (Å²) in [6.45, 7) is 2.53. The molecule has 4 saturated heterocycles. The minimum atomic E-state index is -0.940. The molecule has 4 aliphatic heterocycles. The van der Waals surface area contributed by atoms with Gasteiger partial charge in [0.25, 0.3) is 5.91 Å². The second-order valence-corrected chi connectivity index (χ2v) is 14.5. The number of fused-ring (bicyclic) bond motifs is 4. The van der Waals surface area contributed by atoms with Gasteiger partial charge in [-0.15, -0.1) is 6.42 Å². The number of likely N-dealkylation sites (tertiary alicyclic amines) is 1. The maximum atomic E-state index is 17.0. The van der Waals surface area contributed by atoms with Crippen LogP contribution < -0.4 is 9.64 Å². The second-order valence-electron chi connectivity index (χ2n) is 14.5. The molecule has 12 heteroatoms. The second kappa shape index (κ2) is 13.1. The molecule has 9 nitrogen and oxygen atoms in total. The average molecular weight is 716 g/mol. The Bertz CT molecular complexity index is 2330. The number of hydrogen-bond donors (Lipinski definition) is 0. The molecule has 7 heterocycles. The van der Waals surface area contributed by atoms with E-state index in [4.69, 9.17) is 16.1 Å². The van der Waals surface area contributed by atoms with Gasteiger partial charge in [-0.25, -0.2) is 13.2 Å². The minimum absolute atomic E-state index is 0.0203. The summed E-state index contributed by atoms with van der Waals surface area (Å²) in [7, 11) is 0. The number of alkyl halides is 1. The molecule has 268 valence electrons. The van der Waals surface area contributed by atoms with Crippen LogP contribution in [0.5, 0.6) is 6.01 Å². The molecule has 0 unspecified atom stereocenters. The summed E-state index contributed by atoms with van der Waals surface area (Å²) in [6, 6.07) is 16.0. The predicted molar refractivity (Wildman–Crippen MR) is 196 cm³/mol. The number of pyridine rings is 2. The molecule has 1 amide bonds. The van der Waals surface area contributed by atoms with E-state index in [-0.39, 0.29) is 42.3 Å². The molecule has 0 bridgehead atoms. The molecular weight excluding hydrogens is 679 g/mol. The molecule has 0 N–H and O–H groups in total. The first-order chi connectivity index (χ1) is 25.8. The van der Waals surface area contributed by atoms with Gasteiger partial charge in [0, 0.05) is 73.5 Å². The molecule has 4 fully saturated rings. The van der Waals surface area contributed by atoms with Crippen LogP contribution >= 0.6 is 0 Å². The average Bonchev–Trinajstić information content (AvgIpc) is 3.94. The fourth-order valence-electron chi connectivity index (χ4n) is 8.99. The lowest BCUT2D eigenvalue weighted by molar-refractivity contribution is -0.127. The summed E-state index contributed by atoms with van der Waals surface area (Å²) < 4.78 is 53.2. The van der Waals surface area contributed by atoms with Crippen molar-refractivity contribution in [3.8, 4) is 29.6 Å². The highest BCUT2D eigenvalue weighted by atomic mass is 19.1. The van der Waals surface area contributed by atoms with Crippen molar-refractivity contribution in [3.63, 3.8) is 0 Å². The third-order valence-corrected chi connectivity index (χ3v) is 11.5. The largest absolute Gasteiger partial charge is 0.461 e. The van der Waals surface area contributed by atoms with Crippen molar-refractivity contribution in [1.82, 2.24) is 29.7 Å². The van der Waals surface area contributed by atoms with Crippen molar-refractivity contribution >= 4 is 39.5 Å². The van der Waals surface area contributed by atoms with Crippen molar-refractivity contribution in [2.24, 2.45) is 5.92 Å². The van der Waals surface area contributed by atoms with Gasteiger partial charge in [0.1, 0.15) is 29.8 Å². The van der Waals surface area contributed by atoms with Crippen molar-refractivity contribution in [2.75, 3.05) is 44.2 Å². The molecule has 0 radical (unpaired) electrons. The van der Waals surface area contributed by atoms with Crippen molar-refractivity contribution in [2.45, 2.75) is 43.4 Å². The van der Waals surface area contributed by atoms with Crippen LogP contribution in [-0.4, -0.2) is 92.7 Å². The molecule has 2 aromatic carbocycles. The molecule has 0 saturated carbocycles. The van der Waals surface area contributed by atoms with E-state index >= 15 is 8.78 Å². The lowest BCUT2D eigenvalue weighted by Gasteiger charge is -2.31. The van der Waals surface area contributed by atoms with Crippen LogP contribution in [0.25, 0.3) is 39.0 Å². The summed E-state index contributed by atoms with van der Waals surface area (Å²) >= 11 is 0. The lowest BCUT2D eigenvalue weighted by Crippen LogP contribution is -2.43. The molecule has 0 aliphatic carbocycles. The maximum absolute atomic E-state index is 17.0. The van der Waals surface area contributed by atoms with Crippen molar-refractivity contribution in [1.29, 1.82) is 0 Å². The molecular formula is C41H36F3N7O2. The van der Waals surface area contributed by atoms with Crippen molar-refractivity contribution < 1.29 is 22.7 Å². The van der Waals surface area contributed by atoms with E-state index in [9.17, 15) is 9.18 Å². The number of terminal acetylenes is 1. The van der Waals surface area contributed by atoms with Crippen LogP contribution in [0.1, 0.15) is 36.9 Å². The van der Waals surface area contributed by atoms with Gasteiger partial charge in [-0.3, -0.25) is 19.7 Å². The predicted octanol–water partition coefficient (Wildman–Crippen LogP) is 6.36. The normalized spacial score (nSPS) is 24.2. The number of benzene rings is 2. The van der Waals surface area contributed by atoms with Crippen LogP contribution in [0.2, 0.25) is 0 Å². The van der Waals surface area contributed by atoms with Crippen LogP contribution in [-0.2, 0) is 4.79 Å². The Labute approximate surface area is 304 Å². The van der Waals surface area contributed by atoms with E-state index in [1.165, 1.54) is 11.1 Å².